The third-order valence-corrected chi connectivity index (χ3v) is 5.21. The van der Waals surface area contributed by atoms with Gasteiger partial charge in [0.1, 0.15) is 10.9 Å². The van der Waals surface area contributed by atoms with Gasteiger partial charge in [-0.15, -0.1) is 0 Å². The Morgan fingerprint density at radius 3 is 2.35 bits per heavy atom. The van der Waals surface area contributed by atoms with Gasteiger partial charge in [0.15, 0.2) is 0 Å². The van der Waals surface area contributed by atoms with Gasteiger partial charge in [0.25, 0.3) is 0 Å². The Kier molecular flexibility index (Phi) is 6.12. The standard InChI is InChI=1S/C21H26N4S/c1-16(2)20-21(26-18-8-6-5-7-9-18)25(19(23-20)15-24(3)4)14-17-10-12-22-13-11-17/h5-13,16H,14-15H2,1-4H3. The Bertz CT molecular complexity index is 826. The van der Waals surface area contributed by atoms with E-state index in [4.69, 9.17) is 4.98 Å². The van der Waals surface area contributed by atoms with Crippen LogP contribution in [0, 0.1) is 0 Å². The largest absolute Gasteiger partial charge is 0.317 e. The average Bonchev–Trinajstić information content (AvgIpc) is 2.94. The summed E-state index contributed by atoms with van der Waals surface area (Å²) in [7, 11) is 4.18. The Morgan fingerprint density at radius 1 is 1.04 bits per heavy atom. The monoisotopic (exact) mass is 366 g/mol. The lowest BCUT2D eigenvalue weighted by Gasteiger charge is -2.15. The van der Waals surface area contributed by atoms with E-state index in [1.807, 2.05) is 12.4 Å². The van der Waals surface area contributed by atoms with Crippen molar-refractivity contribution < 1.29 is 0 Å². The molecule has 0 bridgehead atoms. The van der Waals surface area contributed by atoms with Crippen molar-refractivity contribution >= 4 is 11.8 Å². The molecule has 4 nitrogen and oxygen atoms in total. The van der Waals surface area contributed by atoms with Gasteiger partial charge < -0.3 is 9.47 Å². The zero-order valence-electron chi connectivity index (χ0n) is 15.9. The van der Waals surface area contributed by atoms with Crippen LogP contribution in [0.1, 0.15) is 36.8 Å². The van der Waals surface area contributed by atoms with E-state index in [1.54, 1.807) is 11.8 Å². The second-order valence-electron chi connectivity index (χ2n) is 6.97. The molecule has 2 aromatic heterocycles. The minimum Gasteiger partial charge on any atom is -0.317 e. The van der Waals surface area contributed by atoms with Crippen molar-refractivity contribution in [3.63, 3.8) is 0 Å². The van der Waals surface area contributed by atoms with Crippen LogP contribution < -0.4 is 0 Å². The molecule has 0 N–H and O–H groups in total. The first-order valence-corrected chi connectivity index (χ1v) is 9.72. The van der Waals surface area contributed by atoms with Crippen molar-refractivity contribution in [2.45, 2.75) is 42.8 Å². The molecule has 1 aromatic carbocycles. The molecule has 0 aliphatic rings. The van der Waals surface area contributed by atoms with Crippen molar-refractivity contribution in [2.24, 2.45) is 0 Å². The number of hydrogen-bond donors (Lipinski definition) is 0. The minimum absolute atomic E-state index is 0.376. The van der Waals surface area contributed by atoms with Crippen LogP contribution >= 0.6 is 11.8 Å². The van der Waals surface area contributed by atoms with Crippen LogP contribution in [0.2, 0.25) is 0 Å². The summed E-state index contributed by atoms with van der Waals surface area (Å²) in [5.41, 5.74) is 2.41. The smallest absolute Gasteiger partial charge is 0.124 e. The number of nitrogens with zero attached hydrogens (tertiary/aromatic N) is 4. The fraction of sp³-hybridized carbons (Fsp3) is 0.333. The van der Waals surface area contributed by atoms with E-state index >= 15 is 0 Å². The second kappa shape index (κ2) is 8.52. The Hall–Kier alpha value is -2.11. The summed E-state index contributed by atoms with van der Waals surface area (Å²) in [4.78, 5) is 12.6. The van der Waals surface area contributed by atoms with Gasteiger partial charge in [-0.3, -0.25) is 4.98 Å². The predicted molar refractivity (Wildman–Crippen MR) is 108 cm³/mol. The van der Waals surface area contributed by atoms with Gasteiger partial charge in [0.2, 0.25) is 0 Å². The summed E-state index contributed by atoms with van der Waals surface area (Å²) >= 11 is 1.80. The molecule has 0 aliphatic carbocycles. The first kappa shape index (κ1) is 18.7. The molecule has 0 unspecified atom stereocenters. The highest BCUT2D eigenvalue weighted by Crippen LogP contribution is 2.35. The van der Waals surface area contributed by atoms with Crippen molar-refractivity contribution in [1.29, 1.82) is 0 Å². The molecule has 2 heterocycles. The number of hydrogen-bond acceptors (Lipinski definition) is 4. The molecule has 3 aromatic rings. The molecule has 3 rings (SSSR count). The van der Waals surface area contributed by atoms with Gasteiger partial charge in [-0.25, -0.2) is 4.98 Å². The Labute approximate surface area is 160 Å². The number of pyridine rings is 1. The third kappa shape index (κ3) is 4.54. The van der Waals surface area contributed by atoms with Crippen LogP contribution in [0.5, 0.6) is 0 Å². The zero-order chi connectivity index (χ0) is 18.5. The molecular formula is C21H26N4S. The van der Waals surface area contributed by atoms with Gasteiger partial charge in [-0.1, -0.05) is 43.8 Å². The number of rotatable bonds is 7. The van der Waals surface area contributed by atoms with Crippen molar-refractivity contribution in [3.05, 3.63) is 71.9 Å². The number of imidazole rings is 1. The summed E-state index contributed by atoms with van der Waals surface area (Å²) in [6, 6.07) is 14.7. The van der Waals surface area contributed by atoms with E-state index in [0.717, 1.165) is 18.9 Å². The van der Waals surface area contributed by atoms with Gasteiger partial charge in [-0.2, -0.15) is 0 Å². The lowest BCUT2D eigenvalue weighted by atomic mass is 10.1. The minimum atomic E-state index is 0.376. The maximum Gasteiger partial charge on any atom is 0.124 e. The molecule has 0 spiro atoms. The molecule has 0 radical (unpaired) electrons. The molecule has 0 fully saturated rings. The Balaban J connectivity index is 2.06. The van der Waals surface area contributed by atoms with Crippen molar-refractivity contribution in [2.75, 3.05) is 14.1 Å². The lowest BCUT2D eigenvalue weighted by Crippen LogP contribution is -2.16. The molecule has 0 amide bonds. The second-order valence-corrected chi connectivity index (χ2v) is 8.03. The quantitative estimate of drug-likeness (QED) is 0.609. The van der Waals surface area contributed by atoms with Crippen LogP contribution in [0.4, 0.5) is 0 Å². The normalized spacial score (nSPS) is 11.5. The molecule has 0 saturated carbocycles. The molecular weight excluding hydrogens is 340 g/mol. The highest BCUT2D eigenvalue weighted by molar-refractivity contribution is 7.99. The van der Waals surface area contributed by atoms with Gasteiger partial charge >= 0.3 is 0 Å². The maximum absolute atomic E-state index is 5.03. The summed E-state index contributed by atoms with van der Waals surface area (Å²) in [5, 5.41) is 1.24. The highest BCUT2D eigenvalue weighted by Gasteiger charge is 2.21. The average molecular weight is 367 g/mol. The van der Waals surface area contributed by atoms with Crippen molar-refractivity contribution in [1.82, 2.24) is 19.4 Å². The SMILES string of the molecule is CC(C)c1nc(CN(C)C)n(Cc2ccncc2)c1Sc1ccccc1. The topological polar surface area (TPSA) is 34.0 Å². The lowest BCUT2D eigenvalue weighted by molar-refractivity contribution is 0.380. The molecule has 0 saturated heterocycles. The zero-order valence-corrected chi connectivity index (χ0v) is 16.7. The van der Waals surface area contributed by atoms with Crippen LogP contribution in [-0.4, -0.2) is 33.5 Å². The van der Waals surface area contributed by atoms with Gasteiger partial charge in [-0.05, 0) is 49.8 Å². The fourth-order valence-electron chi connectivity index (χ4n) is 2.82. The maximum atomic E-state index is 5.03. The number of aromatic nitrogens is 3. The van der Waals surface area contributed by atoms with Gasteiger partial charge in [0.05, 0.1) is 12.2 Å². The first-order valence-electron chi connectivity index (χ1n) is 8.90. The van der Waals surface area contributed by atoms with E-state index in [1.165, 1.54) is 21.2 Å². The third-order valence-electron chi connectivity index (χ3n) is 4.08. The predicted octanol–water partition coefficient (Wildman–Crippen LogP) is 4.66. The van der Waals surface area contributed by atoms with Crippen LogP contribution in [0.15, 0.2) is 64.8 Å². The fourth-order valence-corrected chi connectivity index (χ4v) is 4.01. The van der Waals surface area contributed by atoms with Gasteiger partial charge in [0, 0.05) is 23.8 Å². The van der Waals surface area contributed by atoms with E-state index in [0.29, 0.717) is 5.92 Å². The summed E-state index contributed by atoms with van der Waals surface area (Å²) in [6.45, 7) is 6.06. The first-order chi connectivity index (χ1) is 12.5. The van der Waals surface area contributed by atoms with E-state index in [2.05, 4.69) is 84.9 Å². The van der Waals surface area contributed by atoms with E-state index in [9.17, 15) is 0 Å². The summed E-state index contributed by atoms with van der Waals surface area (Å²) in [5.74, 6) is 1.48. The van der Waals surface area contributed by atoms with Crippen molar-refractivity contribution in [3.8, 4) is 0 Å². The molecule has 5 heteroatoms. The van der Waals surface area contributed by atoms with E-state index in [-0.39, 0.29) is 0 Å². The molecule has 0 aliphatic heterocycles. The van der Waals surface area contributed by atoms with Crippen LogP contribution in [-0.2, 0) is 13.1 Å². The molecule has 26 heavy (non-hydrogen) atoms. The summed E-state index contributed by atoms with van der Waals surface area (Å²) < 4.78 is 2.36. The molecule has 136 valence electrons. The molecule has 0 atom stereocenters. The Morgan fingerprint density at radius 2 is 1.73 bits per heavy atom. The number of benzene rings is 1. The van der Waals surface area contributed by atoms with Crippen LogP contribution in [0.3, 0.4) is 0 Å². The van der Waals surface area contributed by atoms with Crippen LogP contribution in [0.25, 0.3) is 0 Å². The highest BCUT2D eigenvalue weighted by atomic mass is 32.2. The summed E-state index contributed by atoms with van der Waals surface area (Å²) in [6.07, 6.45) is 3.70. The van der Waals surface area contributed by atoms with E-state index < -0.39 is 0 Å².